The van der Waals surface area contributed by atoms with Crippen molar-refractivity contribution in [1.82, 2.24) is 5.43 Å². The molecule has 0 radical (unpaired) electrons. The molecule has 0 saturated carbocycles. The Hall–Kier alpha value is -3.22. The highest BCUT2D eigenvalue weighted by Gasteiger charge is 2.13. The molecule has 0 fully saturated rings. The first-order valence-corrected chi connectivity index (χ1v) is 7.90. The van der Waals surface area contributed by atoms with Crippen molar-refractivity contribution in [2.24, 2.45) is 16.8 Å². The first kappa shape index (κ1) is 18.1. The fraction of sp³-hybridized carbons (Fsp3) is 0.222. The van der Waals surface area contributed by atoms with Crippen molar-refractivity contribution in [3.05, 3.63) is 64.2 Å². The van der Waals surface area contributed by atoms with Gasteiger partial charge in [-0.25, -0.2) is 10.2 Å². The van der Waals surface area contributed by atoms with Gasteiger partial charge >= 0.3 is 6.03 Å². The minimum atomic E-state index is -0.705. The number of primary amides is 1. The smallest absolute Gasteiger partial charge is 0.332 e. The van der Waals surface area contributed by atoms with Crippen molar-refractivity contribution in [3.8, 4) is 11.1 Å². The molecule has 0 saturated heterocycles. The molecule has 2 rings (SSSR count). The number of nitro groups is 1. The van der Waals surface area contributed by atoms with E-state index in [0.717, 1.165) is 28.8 Å². The molecule has 0 aliphatic rings. The quantitative estimate of drug-likeness (QED) is 0.475. The van der Waals surface area contributed by atoms with Crippen LogP contribution >= 0.6 is 0 Å². The molecule has 2 aromatic rings. The van der Waals surface area contributed by atoms with E-state index in [0.29, 0.717) is 0 Å². The second-order valence-corrected chi connectivity index (χ2v) is 5.66. The summed E-state index contributed by atoms with van der Waals surface area (Å²) < 4.78 is 0. The Morgan fingerprint density at radius 3 is 2.12 bits per heavy atom. The number of nitrogens with two attached hydrogens (primary N) is 1. The van der Waals surface area contributed by atoms with Crippen molar-refractivity contribution in [1.29, 1.82) is 0 Å². The van der Waals surface area contributed by atoms with Crippen LogP contribution in [0.1, 0.15) is 25.8 Å². The molecule has 0 spiro atoms. The molecule has 25 heavy (non-hydrogen) atoms. The van der Waals surface area contributed by atoms with Gasteiger partial charge in [0, 0.05) is 18.1 Å². The van der Waals surface area contributed by atoms with E-state index in [1.54, 1.807) is 12.1 Å². The van der Waals surface area contributed by atoms with Gasteiger partial charge in [-0.1, -0.05) is 38.1 Å². The Bertz CT molecular complexity index is 783. The zero-order valence-electron chi connectivity index (χ0n) is 14.1. The first-order valence-electron chi connectivity index (χ1n) is 7.90. The van der Waals surface area contributed by atoms with Crippen molar-refractivity contribution >= 4 is 17.4 Å². The summed E-state index contributed by atoms with van der Waals surface area (Å²) in [6.07, 6.45) is 0.864. The summed E-state index contributed by atoms with van der Waals surface area (Å²) >= 11 is 0. The molecular weight excluding hydrogens is 320 g/mol. The number of non-ortho nitro benzene ring substituents is 1. The number of nitrogens with one attached hydrogen (secondary N) is 1. The van der Waals surface area contributed by atoms with Gasteiger partial charge in [-0.2, -0.15) is 5.10 Å². The number of rotatable bonds is 6. The van der Waals surface area contributed by atoms with E-state index in [2.05, 4.69) is 10.5 Å². The summed E-state index contributed by atoms with van der Waals surface area (Å²) in [6.45, 7) is 4.06. The van der Waals surface area contributed by atoms with E-state index < -0.39 is 11.0 Å². The van der Waals surface area contributed by atoms with Crippen molar-refractivity contribution in [2.45, 2.75) is 20.3 Å². The lowest BCUT2D eigenvalue weighted by molar-refractivity contribution is -0.384. The van der Waals surface area contributed by atoms with Gasteiger partial charge in [-0.3, -0.25) is 10.1 Å². The van der Waals surface area contributed by atoms with Crippen molar-refractivity contribution in [3.63, 3.8) is 0 Å². The number of nitro benzene ring substituents is 1. The Balaban J connectivity index is 2.28. The van der Waals surface area contributed by atoms with Crippen molar-refractivity contribution in [2.75, 3.05) is 0 Å². The fourth-order valence-corrected chi connectivity index (χ4v) is 2.38. The average Bonchev–Trinajstić information content (AvgIpc) is 2.62. The number of carbonyl (C=O) groups excluding carboxylic acids is 1. The zero-order valence-corrected chi connectivity index (χ0v) is 14.1. The Morgan fingerprint density at radius 1 is 1.16 bits per heavy atom. The number of nitrogens with zero attached hydrogens (tertiary/aromatic N) is 2. The number of hydrogen-bond acceptors (Lipinski definition) is 4. The Kier molecular flexibility index (Phi) is 5.84. The summed E-state index contributed by atoms with van der Waals surface area (Å²) in [5.74, 6) is 0.150. The van der Waals surface area contributed by atoms with Gasteiger partial charge in [0.25, 0.3) is 5.69 Å². The summed E-state index contributed by atoms with van der Waals surface area (Å²) in [5, 5.41) is 14.8. The molecule has 3 N–H and O–H groups in total. The second-order valence-electron chi connectivity index (χ2n) is 5.66. The third kappa shape index (κ3) is 4.63. The van der Waals surface area contributed by atoms with Gasteiger partial charge in [0.15, 0.2) is 0 Å². The van der Waals surface area contributed by atoms with E-state index in [-0.39, 0.29) is 11.6 Å². The summed E-state index contributed by atoms with van der Waals surface area (Å²) in [5.41, 5.74) is 10.9. The average molecular weight is 340 g/mol. The van der Waals surface area contributed by atoms with E-state index >= 15 is 0 Å². The van der Waals surface area contributed by atoms with Gasteiger partial charge in [-0.05, 0) is 35.2 Å². The SMILES string of the molecule is CCC(C)C(=NNC(N)=O)c1ccc(-c2ccc([N+](=O)[O-])cc2)cc1. The summed E-state index contributed by atoms with van der Waals surface area (Å²) in [6, 6.07) is 13.3. The molecular formula is C18H20N4O3. The number of benzene rings is 2. The van der Waals surface area contributed by atoms with Crippen LogP contribution in [0.2, 0.25) is 0 Å². The molecule has 0 aliphatic carbocycles. The Labute approximate surface area is 145 Å². The highest BCUT2D eigenvalue weighted by atomic mass is 16.6. The van der Waals surface area contributed by atoms with Crippen LogP contribution in [0.15, 0.2) is 53.6 Å². The van der Waals surface area contributed by atoms with Crippen LogP contribution in [0.4, 0.5) is 10.5 Å². The van der Waals surface area contributed by atoms with Crippen LogP contribution in [0.25, 0.3) is 11.1 Å². The largest absolute Gasteiger partial charge is 0.350 e. The Morgan fingerprint density at radius 2 is 1.68 bits per heavy atom. The lowest BCUT2D eigenvalue weighted by atomic mass is 9.94. The number of amides is 2. The summed E-state index contributed by atoms with van der Waals surface area (Å²) in [7, 11) is 0. The maximum Gasteiger partial charge on any atom is 0.332 e. The van der Waals surface area contributed by atoms with E-state index in [4.69, 9.17) is 5.73 Å². The normalized spacial score (nSPS) is 12.5. The molecule has 0 heterocycles. The van der Waals surface area contributed by atoms with E-state index in [1.807, 2.05) is 38.1 Å². The number of urea groups is 1. The minimum absolute atomic E-state index is 0.0593. The van der Waals surface area contributed by atoms with Gasteiger partial charge in [0.05, 0.1) is 10.6 Å². The van der Waals surface area contributed by atoms with E-state index in [1.165, 1.54) is 12.1 Å². The predicted molar refractivity (Wildman–Crippen MR) is 97.2 cm³/mol. The molecule has 2 aromatic carbocycles. The van der Waals surface area contributed by atoms with Crippen LogP contribution in [0.5, 0.6) is 0 Å². The highest BCUT2D eigenvalue weighted by molar-refractivity contribution is 6.02. The molecule has 0 aromatic heterocycles. The second kappa shape index (κ2) is 8.05. The molecule has 7 heteroatoms. The molecule has 130 valence electrons. The maximum atomic E-state index is 10.9. The van der Waals surface area contributed by atoms with Gasteiger partial charge < -0.3 is 5.73 Å². The van der Waals surface area contributed by atoms with Gasteiger partial charge in [-0.15, -0.1) is 0 Å². The number of hydrazone groups is 1. The molecule has 7 nitrogen and oxygen atoms in total. The zero-order chi connectivity index (χ0) is 18.4. The topological polar surface area (TPSA) is 111 Å². The summed E-state index contributed by atoms with van der Waals surface area (Å²) in [4.78, 5) is 21.2. The van der Waals surface area contributed by atoms with Crippen LogP contribution in [0.3, 0.4) is 0 Å². The molecule has 1 atom stereocenters. The highest BCUT2D eigenvalue weighted by Crippen LogP contribution is 2.24. The van der Waals surface area contributed by atoms with Gasteiger partial charge in [0.2, 0.25) is 0 Å². The van der Waals surface area contributed by atoms with Gasteiger partial charge in [0.1, 0.15) is 0 Å². The lowest BCUT2D eigenvalue weighted by Gasteiger charge is -2.13. The molecule has 0 bridgehead atoms. The lowest BCUT2D eigenvalue weighted by Crippen LogP contribution is -2.27. The maximum absolute atomic E-state index is 10.9. The number of hydrogen-bond donors (Lipinski definition) is 2. The standard InChI is InChI=1S/C18H20N4O3/c1-3-12(2)17(20-21-18(19)23)15-6-4-13(5-7-15)14-8-10-16(11-9-14)22(24)25/h4-12H,3H2,1-2H3,(H3,19,21,23). The molecule has 2 amide bonds. The number of carbonyl (C=O) groups is 1. The van der Waals surface area contributed by atoms with Crippen LogP contribution in [0, 0.1) is 16.0 Å². The predicted octanol–water partition coefficient (Wildman–Crippen LogP) is 3.68. The van der Waals surface area contributed by atoms with Crippen molar-refractivity contribution < 1.29 is 9.72 Å². The van der Waals surface area contributed by atoms with Crippen LogP contribution in [-0.2, 0) is 0 Å². The third-order valence-electron chi connectivity index (χ3n) is 3.96. The minimum Gasteiger partial charge on any atom is -0.350 e. The van der Waals surface area contributed by atoms with Crippen LogP contribution < -0.4 is 11.2 Å². The molecule has 1 unspecified atom stereocenters. The monoisotopic (exact) mass is 340 g/mol. The van der Waals surface area contributed by atoms with Crippen LogP contribution in [-0.4, -0.2) is 16.7 Å². The van der Waals surface area contributed by atoms with E-state index in [9.17, 15) is 14.9 Å². The first-order chi connectivity index (χ1) is 11.9. The fourth-order valence-electron chi connectivity index (χ4n) is 2.38. The molecule has 0 aliphatic heterocycles. The third-order valence-corrected chi connectivity index (χ3v) is 3.96.